The molecule has 0 bridgehead atoms. The van der Waals surface area contributed by atoms with E-state index in [1.54, 1.807) is 0 Å². The summed E-state index contributed by atoms with van der Waals surface area (Å²) in [5, 5.41) is 0. The van der Waals surface area contributed by atoms with E-state index in [1.807, 2.05) is 0 Å². The van der Waals surface area contributed by atoms with Crippen LogP contribution in [0.4, 0.5) is 0 Å². The quantitative estimate of drug-likeness (QED) is 0.469. The molecule has 0 atom stereocenters. The zero-order valence-electron chi connectivity index (χ0n) is 13.6. The highest BCUT2D eigenvalue weighted by Gasteiger charge is 2.09. The maximum atomic E-state index is 11.7. The molecule has 0 aromatic carbocycles. The molecule has 1 amide bonds. The molecule has 4 nitrogen and oxygen atoms in total. The van der Waals surface area contributed by atoms with Gasteiger partial charge in [-0.05, 0) is 19.3 Å². The molecule has 126 valence electrons. The highest BCUT2D eigenvalue weighted by Crippen LogP contribution is 2.11. The van der Waals surface area contributed by atoms with E-state index in [2.05, 4.69) is 6.92 Å². The zero-order chi connectivity index (χ0) is 16.0. The van der Waals surface area contributed by atoms with Crippen molar-refractivity contribution < 1.29 is 13.2 Å². The summed E-state index contributed by atoms with van der Waals surface area (Å²) in [5.74, 6) is 0.505. The lowest BCUT2D eigenvalue weighted by Crippen LogP contribution is -2.11. The first-order chi connectivity index (χ1) is 9.98. The van der Waals surface area contributed by atoms with Gasteiger partial charge in [0.05, 0.1) is 11.5 Å². The number of sulfone groups is 1. The first-order valence-electron chi connectivity index (χ1n) is 8.46. The smallest absolute Gasteiger partial charge is 0.217 e. The number of hydrogen-bond donors (Lipinski definition) is 1. The Morgan fingerprint density at radius 3 is 1.67 bits per heavy atom. The molecule has 0 aliphatic carbocycles. The minimum atomic E-state index is -2.81. The van der Waals surface area contributed by atoms with Crippen LogP contribution in [0.15, 0.2) is 0 Å². The van der Waals surface area contributed by atoms with E-state index in [0.717, 1.165) is 64.2 Å². The molecule has 0 heterocycles. The molecule has 0 aliphatic rings. The van der Waals surface area contributed by atoms with E-state index in [4.69, 9.17) is 5.73 Å². The normalized spacial score (nSPS) is 11.7. The van der Waals surface area contributed by atoms with Crippen molar-refractivity contribution in [1.82, 2.24) is 0 Å². The predicted octanol–water partition coefficient (Wildman–Crippen LogP) is 3.59. The highest BCUT2D eigenvalue weighted by atomic mass is 32.2. The van der Waals surface area contributed by atoms with Crippen molar-refractivity contribution in [2.24, 2.45) is 5.73 Å². The van der Waals surface area contributed by atoms with Crippen molar-refractivity contribution in [1.29, 1.82) is 0 Å². The van der Waals surface area contributed by atoms with Gasteiger partial charge in [0.25, 0.3) is 0 Å². The van der Waals surface area contributed by atoms with Crippen LogP contribution in [0.3, 0.4) is 0 Å². The Labute approximate surface area is 130 Å². The first-order valence-corrected chi connectivity index (χ1v) is 10.3. The lowest BCUT2D eigenvalue weighted by molar-refractivity contribution is -0.118. The topological polar surface area (TPSA) is 77.2 Å². The van der Waals surface area contributed by atoms with E-state index in [-0.39, 0.29) is 5.91 Å². The number of rotatable bonds is 15. The van der Waals surface area contributed by atoms with E-state index in [1.165, 1.54) is 6.42 Å². The minimum absolute atomic E-state index is 0.213. The summed E-state index contributed by atoms with van der Waals surface area (Å²) in [4.78, 5) is 10.5. The summed E-state index contributed by atoms with van der Waals surface area (Å²) in [7, 11) is -2.81. The Kier molecular flexibility index (Phi) is 12.7. The lowest BCUT2D eigenvalue weighted by Gasteiger charge is -2.04. The fourth-order valence-electron chi connectivity index (χ4n) is 2.36. The molecular weight excluding hydrogens is 286 g/mol. The van der Waals surface area contributed by atoms with Gasteiger partial charge in [-0.25, -0.2) is 8.42 Å². The molecule has 0 fully saturated rings. The van der Waals surface area contributed by atoms with Gasteiger partial charge in [0, 0.05) is 6.42 Å². The van der Waals surface area contributed by atoms with Gasteiger partial charge in [-0.15, -0.1) is 0 Å². The van der Waals surface area contributed by atoms with Crippen molar-refractivity contribution in [3.05, 3.63) is 0 Å². The Bertz CT molecular complexity index is 353. The van der Waals surface area contributed by atoms with Crippen molar-refractivity contribution in [2.75, 3.05) is 11.5 Å². The molecule has 5 heteroatoms. The van der Waals surface area contributed by atoms with Gasteiger partial charge >= 0.3 is 0 Å². The van der Waals surface area contributed by atoms with E-state index < -0.39 is 9.84 Å². The molecular formula is C16H33NO3S. The predicted molar refractivity (Wildman–Crippen MR) is 88.9 cm³/mol. The standard InChI is InChI=1S/C16H33NO3S/c1-2-3-11-14-21(19,20)15-12-9-7-5-4-6-8-10-13-16(17)18/h2-15H2,1H3,(H2,17,18). The van der Waals surface area contributed by atoms with Crippen molar-refractivity contribution in [3.8, 4) is 0 Å². The number of unbranched alkanes of at least 4 members (excludes halogenated alkanes) is 9. The number of carbonyl (C=O) groups is 1. The van der Waals surface area contributed by atoms with Crippen LogP contribution in [0.5, 0.6) is 0 Å². The number of nitrogens with two attached hydrogens (primary N) is 1. The lowest BCUT2D eigenvalue weighted by atomic mass is 10.1. The van der Waals surface area contributed by atoms with Crippen LogP contribution in [0.25, 0.3) is 0 Å². The molecule has 0 aromatic rings. The van der Waals surface area contributed by atoms with E-state index in [9.17, 15) is 13.2 Å². The largest absolute Gasteiger partial charge is 0.370 e. The van der Waals surface area contributed by atoms with Crippen LogP contribution in [0, 0.1) is 0 Å². The van der Waals surface area contributed by atoms with Crippen LogP contribution in [0.2, 0.25) is 0 Å². The van der Waals surface area contributed by atoms with Gasteiger partial charge in [0.15, 0.2) is 0 Å². The third-order valence-corrected chi connectivity index (χ3v) is 5.51. The Morgan fingerprint density at radius 1 is 0.762 bits per heavy atom. The van der Waals surface area contributed by atoms with Gasteiger partial charge in [-0.2, -0.15) is 0 Å². The molecule has 0 aliphatic heterocycles. The third-order valence-electron chi connectivity index (χ3n) is 3.69. The van der Waals surface area contributed by atoms with Gasteiger partial charge in [0.1, 0.15) is 9.84 Å². The number of carbonyl (C=O) groups excluding carboxylic acids is 1. The van der Waals surface area contributed by atoms with Crippen LogP contribution in [-0.4, -0.2) is 25.8 Å². The van der Waals surface area contributed by atoms with E-state index >= 15 is 0 Å². The molecule has 21 heavy (non-hydrogen) atoms. The average Bonchev–Trinajstić information content (AvgIpc) is 2.40. The van der Waals surface area contributed by atoms with Gasteiger partial charge < -0.3 is 5.73 Å². The fourth-order valence-corrected chi connectivity index (χ4v) is 3.85. The number of primary amides is 1. The fraction of sp³-hybridized carbons (Fsp3) is 0.938. The highest BCUT2D eigenvalue weighted by molar-refractivity contribution is 7.91. The molecule has 2 N–H and O–H groups in total. The maximum absolute atomic E-state index is 11.7. The Balaban J connectivity index is 3.33. The average molecular weight is 320 g/mol. The number of amides is 1. The second-order valence-electron chi connectivity index (χ2n) is 5.90. The summed E-state index contributed by atoms with van der Waals surface area (Å²) in [5.41, 5.74) is 5.07. The van der Waals surface area contributed by atoms with Crippen LogP contribution < -0.4 is 5.73 Å². The summed E-state index contributed by atoms with van der Waals surface area (Å²) in [6, 6.07) is 0. The zero-order valence-corrected chi connectivity index (χ0v) is 14.4. The molecule has 0 saturated carbocycles. The molecule has 0 aromatic heterocycles. The second kappa shape index (κ2) is 13.1. The summed E-state index contributed by atoms with van der Waals surface area (Å²) in [6.45, 7) is 2.08. The summed E-state index contributed by atoms with van der Waals surface area (Å²) >= 11 is 0. The van der Waals surface area contributed by atoms with Crippen molar-refractivity contribution in [3.63, 3.8) is 0 Å². The Morgan fingerprint density at radius 2 is 1.19 bits per heavy atom. The molecule has 0 spiro atoms. The molecule has 0 unspecified atom stereocenters. The summed E-state index contributed by atoms with van der Waals surface area (Å²) in [6.07, 6.45) is 11.7. The van der Waals surface area contributed by atoms with Gasteiger partial charge in [0.2, 0.25) is 5.91 Å². The van der Waals surface area contributed by atoms with Gasteiger partial charge in [-0.1, -0.05) is 58.3 Å². The van der Waals surface area contributed by atoms with Crippen LogP contribution in [0.1, 0.15) is 84.0 Å². The summed E-state index contributed by atoms with van der Waals surface area (Å²) < 4.78 is 23.5. The SMILES string of the molecule is CCCCCS(=O)(=O)CCCCCCCCCCC(N)=O. The van der Waals surface area contributed by atoms with Crippen molar-refractivity contribution >= 4 is 15.7 Å². The second-order valence-corrected chi connectivity index (χ2v) is 8.21. The van der Waals surface area contributed by atoms with E-state index in [0.29, 0.717) is 17.9 Å². The first kappa shape index (κ1) is 20.4. The Hall–Kier alpha value is -0.580. The van der Waals surface area contributed by atoms with Crippen molar-refractivity contribution in [2.45, 2.75) is 84.0 Å². The molecule has 0 rings (SSSR count). The van der Waals surface area contributed by atoms with Crippen LogP contribution >= 0.6 is 0 Å². The van der Waals surface area contributed by atoms with Gasteiger partial charge in [-0.3, -0.25) is 4.79 Å². The minimum Gasteiger partial charge on any atom is -0.370 e. The molecule has 0 saturated heterocycles. The third kappa shape index (κ3) is 15.6. The molecule has 0 radical (unpaired) electrons. The van der Waals surface area contributed by atoms with Crippen LogP contribution in [-0.2, 0) is 14.6 Å². The monoisotopic (exact) mass is 319 g/mol. The number of hydrogen-bond acceptors (Lipinski definition) is 3. The maximum Gasteiger partial charge on any atom is 0.217 e.